The summed E-state index contributed by atoms with van der Waals surface area (Å²) in [6.45, 7) is 9.38. The van der Waals surface area contributed by atoms with E-state index >= 15 is 0 Å². The Bertz CT molecular complexity index is 396. The number of hydrogen-bond acceptors (Lipinski definition) is 1. The topological polar surface area (TPSA) is 12.0 Å². The fourth-order valence-electron chi connectivity index (χ4n) is 3.91. The van der Waals surface area contributed by atoms with E-state index in [4.69, 9.17) is 0 Å². The molecular weight excluding hydrogens is 254 g/mol. The van der Waals surface area contributed by atoms with Crippen LogP contribution in [0.2, 0.25) is 0 Å². The van der Waals surface area contributed by atoms with E-state index in [1.807, 2.05) is 0 Å². The molecule has 0 radical (unpaired) electrons. The Balaban J connectivity index is 1.97. The normalized spacial score (nSPS) is 24.5. The molecule has 0 heterocycles. The highest BCUT2D eigenvalue weighted by molar-refractivity contribution is 5.19. The lowest BCUT2D eigenvalue weighted by Crippen LogP contribution is -2.39. The first kappa shape index (κ1) is 16.5. The van der Waals surface area contributed by atoms with Gasteiger partial charge < -0.3 is 5.32 Å². The number of benzene rings is 1. The fourth-order valence-corrected chi connectivity index (χ4v) is 3.91. The zero-order valence-corrected chi connectivity index (χ0v) is 14.3. The van der Waals surface area contributed by atoms with Gasteiger partial charge in [-0.15, -0.1) is 0 Å². The van der Waals surface area contributed by atoms with Gasteiger partial charge in [0.25, 0.3) is 0 Å². The van der Waals surface area contributed by atoms with Crippen molar-refractivity contribution in [1.82, 2.24) is 5.32 Å². The van der Waals surface area contributed by atoms with Crippen molar-refractivity contribution in [3.05, 3.63) is 35.9 Å². The van der Waals surface area contributed by atoms with Crippen molar-refractivity contribution in [2.75, 3.05) is 0 Å². The zero-order chi connectivity index (χ0) is 15.2. The van der Waals surface area contributed by atoms with E-state index in [-0.39, 0.29) is 0 Å². The number of rotatable bonds is 6. The van der Waals surface area contributed by atoms with Gasteiger partial charge in [-0.2, -0.15) is 0 Å². The maximum absolute atomic E-state index is 3.97. The van der Waals surface area contributed by atoms with Crippen LogP contribution in [0.1, 0.15) is 71.4 Å². The highest BCUT2D eigenvalue weighted by Gasteiger charge is 2.26. The van der Waals surface area contributed by atoms with Gasteiger partial charge in [0.1, 0.15) is 0 Å². The van der Waals surface area contributed by atoms with Gasteiger partial charge in [-0.05, 0) is 42.6 Å². The van der Waals surface area contributed by atoms with Crippen LogP contribution in [-0.4, -0.2) is 6.04 Å². The minimum Gasteiger partial charge on any atom is -0.307 e. The van der Waals surface area contributed by atoms with Gasteiger partial charge in [0.15, 0.2) is 0 Å². The second kappa shape index (κ2) is 7.98. The summed E-state index contributed by atoms with van der Waals surface area (Å²) in [5.74, 6) is 2.40. The van der Waals surface area contributed by atoms with E-state index in [0.29, 0.717) is 18.0 Å². The first-order valence-corrected chi connectivity index (χ1v) is 8.87. The summed E-state index contributed by atoms with van der Waals surface area (Å²) in [5, 5.41) is 3.97. The predicted octanol–water partition coefficient (Wildman–Crippen LogP) is 5.58. The van der Waals surface area contributed by atoms with Crippen LogP contribution in [0.4, 0.5) is 0 Å². The Kier molecular flexibility index (Phi) is 6.29. The van der Waals surface area contributed by atoms with E-state index in [1.54, 1.807) is 0 Å². The Morgan fingerprint density at radius 2 is 1.76 bits per heavy atom. The van der Waals surface area contributed by atoms with Gasteiger partial charge >= 0.3 is 0 Å². The largest absolute Gasteiger partial charge is 0.307 e. The number of hydrogen-bond donors (Lipinski definition) is 1. The smallest absolute Gasteiger partial charge is 0.0345 e. The molecule has 0 spiro atoms. The second-order valence-electron chi connectivity index (χ2n) is 7.66. The minimum atomic E-state index is 0.494. The molecular formula is C20H33N. The molecule has 21 heavy (non-hydrogen) atoms. The lowest BCUT2D eigenvalue weighted by molar-refractivity contribution is 0.226. The third-order valence-corrected chi connectivity index (χ3v) is 4.83. The molecule has 0 aromatic heterocycles. The molecule has 1 fully saturated rings. The second-order valence-corrected chi connectivity index (χ2v) is 7.66. The summed E-state index contributed by atoms with van der Waals surface area (Å²) in [5.41, 5.74) is 1.44. The lowest BCUT2D eigenvalue weighted by Gasteiger charge is -2.35. The molecule has 0 aliphatic heterocycles. The molecule has 1 saturated carbocycles. The van der Waals surface area contributed by atoms with Gasteiger partial charge in [-0.3, -0.25) is 0 Å². The molecule has 118 valence electrons. The SMILES string of the molecule is CC(C)CC1CCCC(NC(c2ccccc2)C(C)C)C1. The highest BCUT2D eigenvalue weighted by Crippen LogP contribution is 2.32. The van der Waals surface area contributed by atoms with Crippen LogP contribution >= 0.6 is 0 Å². The lowest BCUT2D eigenvalue weighted by atomic mass is 9.80. The first-order valence-electron chi connectivity index (χ1n) is 8.87. The zero-order valence-electron chi connectivity index (χ0n) is 14.3. The Morgan fingerprint density at radius 1 is 1.05 bits per heavy atom. The molecule has 0 amide bonds. The summed E-state index contributed by atoms with van der Waals surface area (Å²) in [6.07, 6.45) is 6.96. The molecule has 1 aromatic rings. The average Bonchev–Trinajstić information content (AvgIpc) is 2.45. The molecule has 2 rings (SSSR count). The van der Waals surface area contributed by atoms with Gasteiger partial charge in [0.2, 0.25) is 0 Å². The molecule has 1 heteroatoms. The monoisotopic (exact) mass is 287 g/mol. The quantitative estimate of drug-likeness (QED) is 0.720. The highest BCUT2D eigenvalue weighted by atomic mass is 15.0. The summed E-state index contributed by atoms with van der Waals surface area (Å²) in [7, 11) is 0. The van der Waals surface area contributed by atoms with Crippen molar-refractivity contribution in [3.8, 4) is 0 Å². The maximum Gasteiger partial charge on any atom is 0.0345 e. The molecule has 0 bridgehead atoms. The molecule has 3 atom stereocenters. The van der Waals surface area contributed by atoms with Crippen LogP contribution in [0.3, 0.4) is 0 Å². The van der Waals surface area contributed by atoms with Crippen LogP contribution in [-0.2, 0) is 0 Å². The van der Waals surface area contributed by atoms with Crippen LogP contribution in [0, 0.1) is 17.8 Å². The van der Waals surface area contributed by atoms with E-state index in [0.717, 1.165) is 11.8 Å². The van der Waals surface area contributed by atoms with Gasteiger partial charge in [0, 0.05) is 12.1 Å². The van der Waals surface area contributed by atoms with Crippen LogP contribution in [0.15, 0.2) is 30.3 Å². The van der Waals surface area contributed by atoms with Crippen molar-refractivity contribution in [2.24, 2.45) is 17.8 Å². The third-order valence-electron chi connectivity index (χ3n) is 4.83. The molecule has 3 unspecified atom stereocenters. The minimum absolute atomic E-state index is 0.494. The summed E-state index contributed by atoms with van der Waals surface area (Å²) >= 11 is 0. The molecule has 1 aliphatic carbocycles. The number of nitrogens with one attached hydrogen (secondary N) is 1. The fraction of sp³-hybridized carbons (Fsp3) is 0.700. The van der Waals surface area contributed by atoms with E-state index < -0.39 is 0 Å². The van der Waals surface area contributed by atoms with Gasteiger partial charge in [-0.1, -0.05) is 70.9 Å². The molecule has 1 aliphatic rings. The third kappa shape index (κ3) is 5.14. The standard InChI is InChI=1S/C20H33N/c1-15(2)13-17-9-8-12-19(14-17)21-20(16(3)4)18-10-6-5-7-11-18/h5-7,10-11,15-17,19-21H,8-9,12-14H2,1-4H3. The maximum atomic E-state index is 3.97. The van der Waals surface area contributed by atoms with E-state index in [9.17, 15) is 0 Å². The van der Waals surface area contributed by atoms with E-state index in [2.05, 4.69) is 63.3 Å². The van der Waals surface area contributed by atoms with E-state index in [1.165, 1.54) is 37.7 Å². The van der Waals surface area contributed by atoms with Crippen LogP contribution in [0.5, 0.6) is 0 Å². The predicted molar refractivity (Wildman–Crippen MR) is 92.4 cm³/mol. The Hall–Kier alpha value is -0.820. The van der Waals surface area contributed by atoms with Crippen LogP contribution in [0.25, 0.3) is 0 Å². The summed E-state index contributed by atoms with van der Waals surface area (Å²) < 4.78 is 0. The Morgan fingerprint density at radius 3 is 2.38 bits per heavy atom. The Labute approximate surface area is 131 Å². The van der Waals surface area contributed by atoms with Crippen LogP contribution < -0.4 is 5.32 Å². The summed E-state index contributed by atoms with van der Waals surface area (Å²) in [4.78, 5) is 0. The van der Waals surface area contributed by atoms with Gasteiger partial charge in [0.05, 0.1) is 0 Å². The molecule has 1 aromatic carbocycles. The van der Waals surface area contributed by atoms with Crippen molar-refractivity contribution < 1.29 is 0 Å². The van der Waals surface area contributed by atoms with Gasteiger partial charge in [-0.25, -0.2) is 0 Å². The van der Waals surface area contributed by atoms with Crippen molar-refractivity contribution in [2.45, 2.75) is 71.9 Å². The van der Waals surface area contributed by atoms with Crippen molar-refractivity contribution >= 4 is 0 Å². The van der Waals surface area contributed by atoms with Crippen molar-refractivity contribution in [1.29, 1.82) is 0 Å². The first-order chi connectivity index (χ1) is 10.1. The average molecular weight is 287 g/mol. The molecule has 1 N–H and O–H groups in total. The summed E-state index contributed by atoms with van der Waals surface area (Å²) in [6, 6.07) is 12.2. The molecule has 1 nitrogen and oxygen atoms in total. The van der Waals surface area contributed by atoms with Crippen molar-refractivity contribution in [3.63, 3.8) is 0 Å². The molecule has 0 saturated heterocycles.